The first-order valence-electron chi connectivity index (χ1n) is 7.23. The van der Waals surface area contributed by atoms with Crippen LogP contribution in [0.2, 0.25) is 0 Å². The number of nitrogens with one attached hydrogen (secondary N) is 1. The number of hydrogen-bond donors (Lipinski definition) is 1. The van der Waals surface area contributed by atoms with Crippen molar-refractivity contribution >= 4 is 11.8 Å². The summed E-state index contributed by atoms with van der Waals surface area (Å²) < 4.78 is 0. The van der Waals surface area contributed by atoms with Gasteiger partial charge in [0.05, 0.1) is 0 Å². The quantitative estimate of drug-likeness (QED) is 0.863. The van der Waals surface area contributed by atoms with Crippen LogP contribution in [-0.2, 0) is 15.1 Å². The van der Waals surface area contributed by atoms with Crippen molar-refractivity contribution in [3.63, 3.8) is 0 Å². The molecule has 0 aromatic heterocycles. The second kappa shape index (κ2) is 5.72. The molecule has 1 aliphatic rings. The van der Waals surface area contributed by atoms with Crippen LogP contribution >= 0.6 is 0 Å². The number of carbonyl (C=O) groups is 2. The average Bonchev–Trinajstić information content (AvgIpc) is 2.45. The van der Waals surface area contributed by atoms with E-state index in [2.05, 4.69) is 11.9 Å². The van der Waals surface area contributed by atoms with Gasteiger partial charge in [0.1, 0.15) is 11.6 Å². The molecule has 2 unspecified atom stereocenters. The first kappa shape index (κ1) is 15.3. The third-order valence-electron chi connectivity index (χ3n) is 3.92. The number of rotatable bonds is 4. The summed E-state index contributed by atoms with van der Waals surface area (Å²) in [6.45, 7) is 9.82. The zero-order valence-corrected chi connectivity index (χ0v) is 12.8. The molecule has 1 aromatic carbocycles. The Kier molecular flexibility index (Phi) is 4.16. The van der Waals surface area contributed by atoms with Crippen molar-refractivity contribution in [3.05, 3.63) is 48.0 Å². The number of piperazine rings is 1. The summed E-state index contributed by atoms with van der Waals surface area (Å²) in [6.07, 6.45) is 0.593. The number of carbonyl (C=O) groups excluding carboxylic acids is 2. The molecule has 1 aliphatic heterocycles. The van der Waals surface area contributed by atoms with Gasteiger partial charge in [-0.15, -0.1) is 0 Å². The number of amides is 2. The molecule has 4 nitrogen and oxygen atoms in total. The minimum absolute atomic E-state index is 0.0804. The fourth-order valence-corrected chi connectivity index (χ4v) is 2.80. The monoisotopic (exact) mass is 286 g/mol. The highest BCUT2D eigenvalue weighted by molar-refractivity contribution is 6.00. The fraction of sp³-hybridized carbons (Fsp3) is 0.412. The maximum atomic E-state index is 13.0. The van der Waals surface area contributed by atoms with E-state index in [4.69, 9.17) is 0 Å². The lowest BCUT2D eigenvalue weighted by atomic mass is 9.86. The maximum absolute atomic E-state index is 13.0. The second-order valence-electron chi connectivity index (χ2n) is 5.79. The van der Waals surface area contributed by atoms with Gasteiger partial charge < -0.3 is 10.2 Å². The number of benzene rings is 1. The summed E-state index contributed by atoms with van der Waals surface area (Å²) in [4.78, 5) is 27.0. The zero-order valence-electron chi connectivity index (χ0n) is 12.8. The molecule has 2 amide bonds. The molecule has 1 N–H and O–H groups in total. The molecule has 0 aliphatic carbocycles. The molecular formula is C17H22N2O2. The molecule has 1 aromatic rings. The van der Waals surface area contributed by atoms with E-state index in [0.29, 0.717) is 13.0 Å². The summed E-state index contributed by atoms with van der Waals surface area (Å²) in [5.41, 5.74) is 0.649. The number of nitrogens with zero attached hydrogens (tertiary/aromatic N) is 1. The summed E-state index contributed by atoms with van der Waals surface area (Å²) >= 11 is 0. The van der Waals surface area contributed by atoms with Crippen LogP contribution in [0.3, 0.4) is 0 Å². The molecule has 1 heterocycles. The van der Waals surface area contributed by atoms with Crippen molar-refractivity contribution in [3.8, 4) is 0 Å². The zero-order chi connectivity index (χ0) is 15.6. The van der Waals surface area contributed by atoms with Crippen molar-refractivity contribution in [2.24, 2.45) is 0 Å². The molecule has 112 valence electrons. The molecule has 0 saturated carbocycles. The molecule has 21 heavy (non-hydrogen) atoms. The van der Waals surface area contributed by atoms with Crippen LogP contribution in [0.15, 0.2) is 42.5 Å². The van der Waals surface area contributed by atoms with Gasteiger partial charge in [-0.3, -0.25) is 9.59 Å². The van der Waals surface area contributed by atoms with Crippen molar-refractivity contribution in [2.45, 2.75) is 38.8 Å². The smallest absolute Gasteiger partial charge is 0.253 e. The van der Waals surface area contributed by atoms with Crippen LogP contribution in [-0.4, -0.2) is 29.3 Å². The summed E-state index contributed by atoms with van der Waals surface area (Å²) in [7, 11) is 0. The van der Waals surface area contributed by atoms with Gasteiger partial charge in [-0.1, -0.05) is 49.4 Å². The lowest BCUT2D eigenvalue weighted by Crippen LogP contribution is -2.67. The van der Waals surface area contributed by atoms with Crippen molar-refractivity contribution < 1.29 is 9.59 Å². The average molecular weight is 286 g/mol. The van der Waals surface area contributed by atoms with Gasteiger partial charge >= 0.3 is 0 Å². The summed E-state index contributed by atoms with van der Waals surface area (Å²) in [6, 6.07) is 8.94. The first-order valence-corrected chi connectivity index (χ1v) is 7.23. The molecule has 1 saturated heterocycles. The van der Waals surface area contributed by atoms with Crippen LogP contribution in [0.5, 0.6) is 0 Å². The molecule has 2 atom stereocenters. The van der Waals surface area contributed by atoms with Crippen LogP contribution < -0.4 is 5.32 Å². The van der Waals surface area contributed by atoms with Crippen molar-refractivity contribution in [1.82, 2.24) is 10.2 Å². The van der Waals surface area contributed by atoms with Gasteiger partial charge in [-0.05, 0) is 25.8 Å². The lowest BCUT2D eigenvalue weighted by Gasteiger charge is -2.44. The Morgan fingerprint density at radius 1 is 1.33 bits per heavy atom. The van der Waals surface area contributed by atoms with Crippen molar-refractivity contribution in [2.75, 3.05) is 6.54 Å². The van der Waals surface area contributed by atoms with E-state index in [1.807, 2.05) is 44.2 Å². The van der Waals surface area contributed by atoms with E-state index in [1.54, 1.807) is 11.8 Å². The van der Waals surface area contributed by atoms with Gasteiger partial charge in [0.25, 0.3) is 5.91 Å². The Morgan fingerprint density at radius 2 is 1.95 bits per heavy atom. The van der Waals surface area contributed by atoms with Gasteiger partial charge in [-0.25, -0.2) is 0 Å². The van der Waals surface area contributed by atoms with Crippen LogP contribution in [0.1, 0.15) is 32.8 Å². The van der Waals surface area contributed by atoms with Crippen LogP contribution in [0.4, 0.5) is 0 Å². The van der Waals surface area contributed by atoms with E-state index < -0.39 is 11.6 Å². The Morgan fingerprint density at radius 3 is 2.48 bits per heavy atom. The van der Waals surface area contributed by atoms with E-state index in [-0.39, 0.29) is 11.8 Å². The third kappa shape index (κ3) is 2.71. The Balaban J connectivity index is 2.44. The summed E-state index contributed by atoms with van der Waals surface area (Å²) in [5.74, 6) is -0.187. The predicted molar refractivity (Wildman–Crippen MR) is 82.5 cm³/mol. The molecule has 0 bridgehead atoms. The molecular weight excluding hydrogens is 264 g/mol. The van der Waals surface area contributed by atoms with E-state index in [0.717, 1.165) is 11.1 Å². The lowest BCUT2D eigenvalue weighted by molar-refractivity contribution is -0.154. The third-order valence-corrected chi connectivity index (χ3v) is 3.92. The molecule has 1 fully saturated rings. The standard InChI is InChI=1S/C17H22N2O2/c1-5-14-15(20)18-17(4,13-9-7-6-8-10-13)16(21)19(14)11-12(2)3/h6-10,14H,2,5,11H2,1,3-4H3,(H,18,20). The Labute approximate surface area is 125 Å². The maximum Gasteiger partial charge on any atom is 0.253 e. The molecule has 2 rings (SSSR count). The molecule has 0 spiro atoms. The molecule has 0 radical (unpaired) electrons. The highest BCUT2D eigenvalue weighted by Gasteiger charge is 2.48. The minimum Gasteiger partial charge on any atom is -0.336 e. The summed E-state index contributed by atoms with van der Waals surface area (Å²) in [5, 5.41) is 2.90. The van der Waals surface area contributed by atoms with E-state index in [1.165, 1.54) is 0 Å². The van der Waals surface area contributed by atoms with E-state index >= 15 is 0 Å². The highest BCUT2D eigenvalue weighted by atomic mass is 16.2. The Hall–Kier alpha value is -2.10. The van der Waals surface area contributed by atoms with Gasteiger partial charge in [0.2, 0.25) is 5.91 Å². The first-order chi connectivity index (χ1) is 9.90. The Bertz CT molecular complexity index is 567. The van der Waals surface area contributed by atoms with Gasteiger partial charge in [0.15, 0.2) is 0 Å². The van der Waals surface area contributed by atoms with Crippen molar-refractivity contribution in [1.29, 1.82) is 0 Å². The SMILES string of the molecule is C=C(C)CN1C(=O)C(C)(c2ccccc2)NC(=O)C1CC. The van der Waals surface area contributed by atoms with Crippen LogP contribution in [0.25, 0.3) is 0 Å². The highest BCUT2D eigenvalue weighted by Crippen LogP contribution is 2.29. The van der Waals surface area contributed by atoms with Crippen LogP contribution in [0, 0.1) is 0 Å². The minimum atomic E-state index is -1.01. The van der Waals surface area contributed by atoms with E-state index in [9.17, 15) is 9.59 Å². The van der Waals surface area contributed by atoms with Gasteiger partial charge in [0, 0.05) is 6.54 Å². The predicted octanol–water partition coefficient (Wildman–Crippen LogP) is 2.21. The molecule has 4 heteroatoms. The normalized spacial score (nSPS) is 25.7. The topological polar surface area (TPSA) is 49.4 Å². The fourth-order valence-electron chi connectivity index (χ4n) is 2.80. The largest absolute Gasteiger partial charge is 0.336 e. The van der Waals surface area contributed by atoms with Gasteiger partial charge in [-0.2, -0.15) is 0 Å². The number of hydrogen-bond acceptors (Lipinski definition) is 2. The second-order valence-corrected chi connectivity index (χ2v) is 5.79.